The van der Waals surface area contributed by atoms with Gasteiger partial charge in [0.15, 0.2) is 0 Å². The summed E-state index contributed by atoms with van der Waals surface area (Å²) in [6, 6.07) is 6.00. The zero-order valence-corrected chi connectivity index (χ0v) is 12.7. The van der Waals surface area contributed by atoms with Crippen LogP contribution in [0.4, 0.5) is 18.9 Å². The van der Waals surface area contributed by atoms with Crippen molar-refractivity contribution in [3.8, 4) is 0 Å². The van der Waals surface area contributed by atoms with Gasteiger partial charge in [-0.15, -0.1) is 0 Å². The molecule has 126 valence electrons. The Kier molecular flexibility index (Phi) is 5.48. The molecular weight excluding hydrogens is 335 g/mol. The van der Waals surface area contributed by atoms with Gasteiger partial charge < -0.3 is 15.5 Å². The third kappa shape index (κ3) is 5.11. The zero-order valence-electron chi connectivity index (χ0n) is 12.0. The van der Waals surface area contributed by atoms with Gasteiger partial charge in [0.1, 0.15) is 6.04 Å². The molecule has 1 heterocycles. The highest BCUT2D eigenvalue weighted by atomic mass is 35.5. The van der Waals surface area contributed by atoms with E-state index in [0.29, 0.717) is 23.7 Å². The van der Waals surface area contributed by atoms with Gasteiger partial charge in [-0.05, 0) is 24.6 Å². The summed E-state index contributed by atoms with van der Waals surface area (Å²) in [6.07, 6.45) is -4.00. The van der Waals surface area contributed by atoms with Gasteiger partial charge in [0.25, 0.3) is 0 Å². The second-order valence-corrected chi connectivity index (χ2v) is 5.53. The SMILES string of the molecule is O=C(CNCC(F)(F)F)NC1CCN(c2cccc(Cl)c2)C1=O. The van der Waals surface area contributed by atoms with E-state index in [1.54, 1.807) is 24.3 Å². The molecule has 1 aromatic rings. The minimum atomic E-state index is -4.38. The Morgan fingerprint density at radius 1 is 1.39 bits per heavy atom. The van der Waals surface area contributed by atoms with Crippen molar-refractivity contribution >= 4 is 29.1 Å². The maximum absolute atomic E-state index is 12.3. The van der Waals surface area contributed by atoms with Gasteiger partial charge in [0, 0.05) is 17.3 Å². The van der Waals surface area contributed by atoms with Gasteiger partial charge in [0.05, 0.1) is 13.1 Å². The molecule has 1 aliphatic heterocycles. The second-order valence-electron chi connectivity index (χ2n) is 5.10. The van der Waals surface area contributed by atoms with Crippen LogP contribution in [0, 0.1) is 0 Å². The first-order valence-corrected chi connectivity index (χ1v) is 7.28. The highest BCUT2D eigenvalue weighted by molar-refractivity contribution is 6.31. The number of benzene rings is 1. The summed E-state index contributed by atoms with van der Waals surface area (Å²) < 4.78 is 35.9. The van der Waals surface area contributed by atoms with E-state index in [-0.39, 0.29) is 5.91 Å². The van der Waals surface area contributed by atoms with Gasteiger partial charge in [-0.25, -0.2) is 0 Å². The third-order valence-corrected chi connectivity index (χ3v) is 3.51. The van der Waals surface area contributed by atoms with Gasteiger partial charge in [-0.2, -0.15) is 13.2 Å². The maximum atomic E-state index is 12.3. The molecule has 1 atom stereocenters. The Morgan fingerprint density at radius 3 is 2.78 bits per heavy atom. The van der Waals surface area contributed by atoms with Crippen molar-refractivity contribution in [3.63, 3.8) is 0 Å². The molecule has 0 bridgehead atoms. The molecule has 2 N–H and O–H groups in total. The van der Waals surface area contributed by atoms with Crippen LogP contribution < -0.4 is 15.5 Å². The molecule has 1 unspecified atom stereocenters. The van der Waals surface area contributed by atoms with Crippen LogP contribution in [0.25, 0.3) is 0 Å². The maximum Gasteiger partial charge on any atom is 0.401 e. The van der Waals surface area contributed by atoms with Crippen molar-refractivity contribution in [2.75, 3.05) is 24.5 Å². The lowest BCUT2D eigenvalue weighted by atomic mass is 10.2. The first-order valence-electron chi connectivity index (χ1n) is 6.90. The van der Waals surface area contributed by atoms with E-state index in [9.17, 15) is 22.8 Å². The molecule has 1 fully saturated rings. The minimum Gasteiger partial charge on any atom is -0.343 e. The molecule has 0 radical (unpaired) electrons. The first-order chi connectivity index (χ1) is 10.8. The largest absolute Gasteiger partial charge is 0.401 e. The van der Waals surface area contributed by atoms with Crippen molar-refractivity contribution < 1.29 is 22.8 Å². The molecule has 0 aliphatic carbocycles. The summed E-state index contributed by atoms with van der Waals surface area (Å²) in [4.78, 5) is 25.3. The van der Waals surface area contributed by atoms with E-state index in [0.717, 1.165) is 0 Å². The fourth-order valence-electron chi connectivity index (χ4n) is 2.28. The number of hydrogen-bond acceptors (Lipinski definition) is 3. The summed E-state index contributed by atoms with van der Waals surface area (Å²) in [7, 11) is 0. The number of carbonyl (C=O) groups is 2. The molecule has 0 spiro atoms. The molecule has 2 rings (SSSR count). The molecule has 9 heteroatoms. The Hall–Kier alpha value is -1.80. The van der Waals surface area contributed by atoms with E-state index >= 15 is 0 Å². The van der Waals surface area contributed by atoms with Gasteiger partial charge in [0.2, 0.25) is 11.8 Å². The van der Waals surface area contributed by atoms with E-state index in [1.807, 2.05) is 5.32 Å². The molecule has 23 heavy (non-hydrogen) atoms. The van der Waals surface area contributed by atoms with Crippen LogP contribution in [0.5, 0.6) is 0 Å². The number of anilines is 1. The highest BCUT2D eigenvalue weighted by Gasteiger charge is 2.34. The summed E-state index contributed by atoms with van der Waals surface area (Å²) in [5.41, 5.74) is 0.620. The predicted molar refractivity (Wildman–Crippen MR) is 79.3 cm³/mol. The average molecular weight is 350 g/mol. The smallest absolute Gasteiger partial charge is 0.343 e. The molecule has 1 aliphatic rings. The highest BCUT2D eigenvalue weighted by Crippen LogP contribution is 2.24. The van der Waals surface area contributed by atoms with Crippen molar-refractivity contribution in [3.05, 3.63) is 29.3 Å². The normalized spacial score (nSPS) is 18.3. The van der Waals surface area contributed by atoms with E-state index in [4.69, 9.17) is 11.6 Å². The summed E-state index contributed by atoms with van der Waals surface area (Å²) in [6.45, 7) is -1.35. The number of halogens is 4. The molecule has 0 saturated carbocycles. The van der Waals surface area contributed by atoms with Crippen LogP contribution in [0.1, 0.15) is 6.42 Å². The topological polar surface area (TPSA) is 61.4 Å². The lowest BCUT2D eigenvalue weighted by Crippen LogP contribution is -2.45. The lowest BCUT2D eigenvalue weighted by Gasteiger charge is -2.17. The van der Waals surface area contributed by atoms with Crippen LogP contribution >= 0.6 is 11.6 Å². The standard InChI is InChI=1S/C14H15ClF3N3O2/c15-9-2-1-3-10(6-9)21-5-4-11(13(21)23)20-12(22)7-19-8-14(16,17)18/h1-3,6,11,19H,4-5,7-8H2,(H,20,22). The molecular formula is C14H15ClF3N3O2. The monoisotopic (exact) mass is 349 g/mol. The minimum absolute atomic E-state index is 0.309. The number of hydrogen-bond donors (Lipinski definition) is 2. The Balaban J connectivity index is 1.86. The van der Waals surface area contributed by atoms with Crippen LogP contribution in [-0.2, 0) is 9.59 Å². The van der Waals surface area contributed by atoms with Crippen molar-refractivity contribution in [2.24, 2.45) is 0 Å². The molecule has 0 aromatic heterocycles. The van der Waals surface area contributed by atoms with Crippen LogP contribution in [0.3, 0.4) is 0 Å². The third-order valence-electron chi connectivity index (χ3n) is 3.27. The van der Waals surface area contributed by atoms with Gasteiger partial charge in [-0.1, -0.05) is 17.7 Å². The summed E-state index contributed by atoms with van der Waals surface area (Å²) in [5.74, 6) is -0.961. The van der Waals surface area contributed by atoms with Crippen LogP contribution in [-0.4, -0.2) is 43.7 Å². The number of amides is 2. The Morgan fingerprint density at radius 2 is 2.13 bits per heavy atom. The number of nitrogens with one attached hydrogen (secondary N) is 2. The Bertz CT molecular complexity index is 595. The molecule has 1 saturated heterocycles. The van der Waals surface area contributed by atoms with Crippen molar-refractivity contribution in [1.82, 2.24) is 10.6 Å². The summed E-state index contributed by atoms with van der Waals surface area (Å²) in [5, 5.41) is 4.91. The number of rotatable bonds is 5. The number of carbonyl (C=O) groups excluding carboxylic acids is 2. The van der Waals surface area contributed by atoms with Crippen LogP contribution in [0.15, 0.2) is 24.3 Å². The van der Waals surface area contributed by atoms with Crippen molar-refractivity contribution in [1.29, 1.82) is 0 Å². The summed E-state index contributed by atoms with van der Waals surface area (Å²) >= 11 is 5.88. The molecule has 2 amide bonds. The first kappa shape index (κ1) is 17.6. The van der Waals surface area contributed by atoms with Gasteiger partial charge in [-0.3, -0.25) is 9.59 Å². The quantitative estimate of drug-likeness (QED) is 0.851. The van der Waals surface area contributed by atoms with Crippen molar-refractivity contribution in [2.45, 2.75) is 18.6 Å². The molecule has 1 aromatic carbocycles. The van der Waals surface area contributed by atoms with E-state index in [1.165, 1.54) is 4.90 Å². The lowest BCUT2D eigenvalue weighted by molar-refractivity contribution is -0.130. The zero-order chi connectivity index (χ0) is 17.0. The van der Waals surface area contributed by atoms with E-state index < -0.39 is 31.2 Å². The van der Waals surface area contributed by atoms with Gasteiger partial charge >= 0.3 is 6.18 Å². The fourth-order valence-corrected chi connectivity index (χ4v) is 2.46. The second kappa shape index (κ2) is 7.18. The molecule has 5 nitrogen and oxygen atoms in total. The fraction of sp³-hybridized carbons (Fsp3) is 0.429. The Labute approximate surface area is 135 Å². The number of nitrogens with zero attached hydrogens (tertiary/aromatic N) is 1. The average Bonchev–Trinajstić information content (AvgIpc) is 2.79. The predicted octanol–water partition coefficient (Wildman–Crippen LogP) is 1.71. The number of alkyl halides is 3. The van der Waals surface area contributed by atoms with Crippen LogP contribution in [0.2, 0.25) is 5.02 Å². The van der Waals surface area contributed by atoms with E-state index in [2.05, 4.69) is 5.32 Å².